The van der Waals surface area contributed by atoms with Crippen molar-refractivity contribution in [3.05, 3.63) is 35.9 Å². The molecule has 1 heterocycles. The molecule has 1 aromatic rings. The Bertz CT molecular complexity index is 624. The third-order valence-corrected chi connectivity index (χ3v) is 7.25. The molecule has 1 aromatic carbocycles. The first-order chi connectivity index (χ1) is 11.2. The van der Waals surface area contributed by atoms with Gasteiger partial charge in [-0.2, -0.15) is 0 Å². The highest BCUT2D eigenvalue weighted by molar-refractivity contribution is 5.84. The van der Waals surface area contributed by atoms with Crippen LogP contribution in [0.4, 0.5) is 0 Å². The number of carbonyl (C=O) groups excluding carboxylic acids is 1. The van der Waals surface area contributed by atoms with E-state index in [-0.39, 0.29) is 10.8 Å². The van der Waals surface area contributed by atoms with E-state index in [1.165, 1.54) is 18.4 Å². The molecule has 4 aliphatic carbocycles. The van der Waals surface area contributed by atoms with Gasteiger partial charge >= 0.3 is 0 Å². The third-order valence-electron chi connectivity index (χ3n) is 7.25. The number of amides is 1. The minimum absolute atomic E-state index is 0.0791. The van der Waals surface area contributed by atoms with Crippen molar-refractivity contribution >= 4 is 5.91 Å². The van der Waals surface area contributed by atoms with Crippen LogP contribution < -0.4 is 10.6 Å². The molecule has 5 atom stereocenters. The maximum Gasteiger partial charge on any atom is 0.226 e. The summed E-state index contributed by atoms with van der Waals surface area (Å²) in [5.74, 6) is 1.84. The minimum Gasteiger partial charge on any atom is -0.352 e. The average molecular weight is 310 g/mol. The first-order valence-electron chi connectivity index (χ1n) is 9.27. The molecule has 0 aromatic heterocycles. The summed E-state index contributed by atoms with van der Waals surface area (Å²) in [7, 11) is 0. The Balaban J connectivity index is 1.44. The Morgan fingerprint density at radius 2 is 2.04 bits per heavy atom. The Hall–Kier alpha value is -1.35. The molecule has 2 N–H and O–H groups in total. The van der Waals surface area contributed by atoms with Crippen LogP contribution in [-0.2, 0) is 10.2 Å². The summed E-state index contributed by atoms with van der Waals surface area (Å²) >= 11 is 0. The zero-order valence-corrected chi connectivity index (χ0v) is 13.7. The lowest BCUT2D eigenvalue weighted by Crippen LogP contribution is -2.48. The summed E-state index contributed by atoms with van der Waals surface area (Å²) in [5, 5.41) is 6.73. The normalized spacial score (nSPS) is 43.9. The van der Waals surface area contributed by atoms with Crippen LogP contribution in [0.25, 0.3) is 0 Å². The number of rotatable bonds is 3. The summed E-state index contributed by atoms with van der Waals surface area (Å²) in [6.45, 7) is 1.98. The van der Waals surface area contributed by atoms with E-state index in [0.717, 1.165) is 50.6 Å². The van der Waals surface area contributed by atoms with E-state index < -0.39 is 0 Å². The van der Waals surface area contributed by atoms with Crippen molar-refractivity contribution in [1.29, 1.82) is 0 Å². The van der Waals surface area contributed by atoms with Crippen molar-refractivity contribution in [2.75, 3.05) is 13.1 Å². The first-order valence-corrected chi connectivity index (χ1v) is 9.27. The monoisotopic (exact) mass is 310 g/mol. The molecule has 5 aliphatic rings. The highest BCUT2D eigenvalue weighted by atomic mass is 16.2. The highest BCUT2D eigenvalue weighted by Gasteiger charge is 2.66. The topological polar surface area (TPSA) is 41.1 Å². The largest absolute Gasteiger partial charge is 0.352 e. The van der Waals surface area contributed by atoms with Crippen LogP contribution in [0, 0.1) is 17.3 Å². The second-order valence-corrected chi connectivity index (χ2v) is 8.55. The van der Waals surface area contributed by atoms with Gasteiger partial charge in [0.15, 0.2) is 0 Å². The molecule has 4 saturated carbocycles. The van der Waals surface area contributed by atoms with Crippen molar-refractivity contribution < 1.29 is 4.79 Å². The molecule has 1 aliphatic heterocycles. The smallest absolute Gasteiger partial charge is 0.226 e. The molecule has 0 spiro atoms. The number of benzene rings is 1. The van der Waals surface area contributed by atoms with Crippen molar-refractivity contribution in [3.63, 3.8) is 0 Å². The summed E-state index contributed by atoms with van der Waals surface area (Å²) in [6.07, 6.45) is 7.06. The van der Waals surface area contributed by atoms with Crippen molar-refractivity contribution in [2.45, 2.75) is 50.0 Å². The zero-order valence-electron chi connectivity index (χ0n) is 13.7. The van der Waals surface area contributed by atoms with E-state index >= 15 is 0 Å². The second-order valence-electron chi connectivity index (χ2n) is 8.55. The molecule has 6 rings (SSSR count). The molecule has 4 unspecified atom stereocenters. The summed E-state index contributed by atoms with van der Waals surface area (Å²) in [4.78, 5) is 13.1. The first kappa shape index (κ1) is 14.0. The maximum atomic E-state index is 13.1. The van der Waals surface area contributed by atoms with Crippen LogP contribution in [0.1, 0.15) is 44.1 Å². The highest BCUT2D eigenvalue weighted by Crippen LogP contribution is 2.70. The fraction of sp³-hybridized carbons (Fsp3) is 0.650. The van der Waals surface area contributed by atoms with Gasteiger partial charge in [0.1, 0.15) is 0 Å². The average Bonchev–Trinajstić information content (AvgIpc) is 3.21. The van der Waals surface area contributed by atoms with E-state index in [4.69, 9.17) is 0 Å². The second kappa shape index (κ2) is 4.83. The van der Waals surface area contributed by atoms with E-state index in [1.807, 2.05) is 0 Å². The third kappa shape index (κ3) is 1.95. The Labute approximate surface area is 138 Å². The minimum atomic E-state index is -0.0791. The molecule has 1 saturated heterocycles. The fourth-order valence-electron chi connectivity index (χ4n) is 6.51. The fourth-order valence-corrected chi connectivity index (χ4v) is 6.51. The van der Waals surface area contributed by atoms with E-state index in [9.17, 15) is 4.79 Å². The van der Waals surface area contributed by atoms with Crippen LogP contribution in [0.5, 0.6) is 0 Å². The van der Waals surface area contributed by atoms with Crippen molar-refractivity contribution in [3.8, 4) is 0 Å². The molecule has 1 amide bonds. The predicted molar refractivity (Wildman–Crippen MR) is 90.0 cm³/mol. The lowest BCUT2D eigenvalue weighted by Gasteiger charge is -2.40. The van der Waals surface area contributed by atoms with Gasteiger partial charge in [0.25, 0.3) is 0 Å². The molecular weight excluding hydrogens is 284 g/mol. The van der Waals surface area contributed by atoms with Crippen molar-refractivity contribution in [1.82, 2.24) is 10.6 Å². The van der Waals surface area contributed by atoms with Crippen molar-refractivity contribution in [2.24, 2.45) is 17.3 Å². The number of hydrogen-bond donors (Lipinski definition) is 2. The molecule has 0 radical (unpaired) electrons. The van der Waals surface area contributed by atoms with Gasteiger partial charge in [0.05, 0.1) is 5.41 Å². The van der Waals surface area contributed by atoms with Gasteiger partial charge in [-0.3, -0.25) is 4.79 Å². The van der Waals surface area contributed by atoms with Crippen LogP contribution in [0.3, 0.4) is 0 Å². The molecule has 5 fully saturated rings. The molecule has 122 valence electrons. The van der Waals surface area contributed by atoms with Crippen LogP contribution in [0.2, 0.25) is 0 Å². The molecule has 4 bridgehead atoms. The summed E-state index contributed by atoms with van der Waals surface area (Å²) in [6, 6.07) is 11.4. The van der Waals surface area contributed by atoms with Crippen LogP contribution >= 0.6 is 0 Å². The van der Waals surface area contributed by atoms with Gasteiger partial charge in [-0.25, -0.2) is 0 Å². The zero-order chi connectivity index (χ0) is 15.5. The van der Waals surface area contributed by atoms with Gasteiger partial charge < -0.3 is 10.6 Å². The molecular formula is C20H26N2O. The van der Waals surface area contributed by atoms with Gasteiger partial charge in [-0.1, -0.05) is 30.3 Å². The molecule has 3 nitrogen and oxygen atoms in total. The lowest BCUT2D eigenvalue weighted by atomic mass is 9.64. The maximum absolute atomic E-state index is 13.1. The summed E-state index contributed by atoms with van der Waals surface area (Å²) < 4.78 is 0. The predicted octanol–water partition coefficient (Wildman–Crippen LogP) is 2.61. The molecule has 23 heavy (non-hydrogen) atoms. The van der Waals surface area contributed by atoms with Gasteiger partial charge in [-0.15, -0.1) is 0 Å². The van der Waals surface area contributed by atoms with E-state index in [2.05, 4.69) is 41.0 Å². The van der Waals surface area contributed by atoms with Gasteiger partial charge in [-0.05, 0) is 67.9 Å². The Morgan fingerprint density at radius 1 is 1.17 bits per heavy atom. The SMILES string of the molecule is O=C(N[C@@H]1CCNC1)C12CC3CC(C1)C(c1ccccc1)(C3)C2. The van der Waals surface area contributed by atoms with E-state index in [0.29, 0.717) is 11.9 Å². The van der Waals surface area contributed by atoms with Gasteiger partial charge in [0.2, 0.25) is 5.91 Å². The standard InChI is InChI=1S/C20H26N2O/c23-18(22-17-6-7-21-12-17)19-9-14-8-16(11-19)20(10-14,13-19)15-4-2-1-3-5-15/h1-5,14,16-17,21H,6-13H2,(H,22,23)/t14?,16?,17-,19?,20?/m1/s1. The Kier molecular flexibility index (Phi) is 2.94. The lowest BCUT2D eigenvalue weighted by molar-refractivity contribution is -0.134. The van der Waals surface area contributed by atoms with Gasteiger partial charge in [0, 0.05) is 12.6 Å². The molecule has 3 heteroatoms. The number of carbonyl (C=O) groups is 1. The number of hydrogen-bond acceptors (Lipinski definition) is 2. The summed E-state index contributed by atoms with van der Waals surface area (Å²) in [5.41, 5.74) is 1.70. The quantitative estimate of drug-likeness (QED) is 0.901. The Morgan fingerprint density at radius 3 is 2.83 bits per heavy atom. The van der Waals surface area contributed by atoms with Crippen LogP contribution in [0.15, 0.2) is 30.3 Å². The number of nitrogens with one attached hydrogen (secondary N) is 2. The van der Waals surface area contributed by atoms with E-state index in [1.54, 1.807) is 0 Å². The van der Waals surface area contributed by atoms with Crippen LogP contribution in [-0.4, -0.2) is 25.0 Å².